The summed E-state index contributed by atoms with van der Waals surface area (Å²) in [5.41, 5.74) is 1.27. The molecule has 0 saturated heterocycles. The van der Waals surface area contributed by atoms with Gasteiger partial charge in [-0.25, -0.2) is 0 Å². The van der Waals surface area contributed by atoms with Gasteiger partial charge in [0.25, 0.3) is 0 Å². The Morgan fingerprint density at radius 2 is 2.11 bits per heavy atom. The summed E-state index contributed by atoms with van der Waals surface area (Å²) in [4.78, 5) is 2.40. The number of likely N-dealkylation sites (N-methyl/N-ethyl adjacent to an activating group) is 1. The van der Waals surface area contributed by atoms with Crippen LogP contribution in [0.25, 0.3) is 0 Å². The van der Waals surface area contributed by atoms with E-state index in [0.717, 1.165) is 31.4 Å². The largest absolute Gasteiger partial charge is 0.492 e. The van der Waals surface area contributed by atoms with Crippen molar-refractivity contribution in [3.63, 3.8) is 0 Å². The first-order valence-electron chi connectivity index (χ1n) is 7.35. The predicted molar refractivity (Wildman–Crippen MR) is 79.7 cm³/mol. The second kappa shape index (κ2) is 6.92. The first-order valence-corrected chi connectivity index (χ1v) is 7.35. The van der Waals surface area contributed by atoms with Crippen LogP contribution in [0, 0.1) is 0 Å². The van der Waals surface area contributed by atoms with Gasteiger partial charge in [-0.1, -0.05) is 25.1 Å². The number of hydrogen-bond acceptors (Lipinski definition) is 3. The van der Waals surface area contributed by atoms with Crippen LogP contribution >= 0.6 is 0 Å². The molecular weight excluding hydrogens is 236 g/mol. The SMILES string of the molecule is CCC(NC)c1ccccc1OCCN(C)C1CC1. The average Bonchev–Trinajstić information content (AvgIpc) is 3.26. The number of nitrogens with zero attached hydrogens (tertiary/aromatic N) is 1. The summed E-state index contributed by atoms with van der Waals surface area (Å²) in [6, 6.07) is 9.54. The summed E-state index contributed by atoms with van der Waals surface area (Å²) in [7, 11) is 4.20. The van der Waals surface area contributed by atoms with Crippen molar-refractivity contribution in [2.24, 2.45) is 0 Å². The van der Waals surface area contributed by atoms with Crippen LogP contribution in [0.5, 0.6) is 5.75 Å². The lowest BCUT2D eigenvalue weighted by Crippen LogP contribution is -2.26. The van der Waals surface area contributed by atoms with Crippen molar-refractivity contribution in [1.29, 1.82) is 0 Å². The Kier molecular flexibility index (Phi) is 5.23. The molecule has 1 aromatic rings. The van der Waals surface area contributed by atoms with E-state index in [0.29, 0.717) is 6.04 Å². The number of nitrogens with one attached hydrogen (secondary N) is 1. The maximum absolute atomic E-state index is 5.99. The Hall–Kier alpha value is -1.06. The van der Waals surface area contributed by atoms with Crippen LogP contribution in [0.3, 0.4) is 0 Å². The van der Waals surface area contributed by atoms with E-state index >= 15 is 0 Å². The van der Waals surface area contributed by atoms with Gasteiger partial charge in [0.15, 0.2) is 0 Å². The number of para-hydroxylation sites is 1. The highest BCUT2D eigenvalue weighted by molar-refractivity contribution is 5.35. The van der Waals surface area contributed by atoms with Gasteiger partial charge in [-0.05, 0) is 39.4 Å². The second-order valence-corrected chi connectivity index (χ2v) is 5.35. The van der Waals surface area contributed by atoms with E-state index < -0.39 is 0 Å². The first kappa shape index (κ1) is 14.4. The molecule has 0 amide bonds. The van der Waals surface area contributed by atoms with E-state index in [4.69, 9.17) is 4.74 Å². The summed E-state index contributed by atoms with van der Waals surface area (Å²) in [5.74, 6) is 1.02. The van der Waals surface area contributed by atoms with Crippen molar-refractivity contribution >= 4 is 0 Å². The molecule has 1 atom stereocenters. The van der Waals surface area contributed by atoms with Gasteiger partial charge in [0.05, 0.1) is 0 Å². The van der Waals surface area contributed by atoms with Gasteiger partial charge in [0.1, 0.15) is 12.4 Å². The fourth-order valence-corrected chi connectivity index (χ4v) is 2.48. The van der Waals surface area contributed by atoms with Crippen LogP contribution in [0.4, 0.5) is 0 Å². The van der Waals surface area contributed by atoms with Crippen LogP contribution in [0.2, 0.25) is 0 Å². The van der Waals surface area contributed by atoms with E-state index in [2.05, 4.69) is 42.4 Å². The highest BCUT2D eigenvalue weighted by Crippen LogP contribution is 2.27. The van der Waals surface area contributed by atoms with E-state index in [1.165, 1.54) is 18.4 Å². The normalized spacial score (nSPS) is 16.6. The number of rotatable bonds is 8. The molecule has 0 aromatic heterocycles. The van der Waals surface area contributed by atoms with Gasteiger partial charge in [-0.2, -0.15) is 0 Å². The third kappa shape index (κ3) is 3.95. The van der Waals surface area contributed by atoms with Crippen molar-refractivity contribution in [2.75, 3.05) is 27.2 Å². The molecule has 0 bridgehead atoms. The number of ether oxygens (including phenoxy) is 1. The zero-order valence-electron chi connectivity index (χ0n) is 12.4. The molecule has 19 heavy (non-hydrogen) atoms. The van der Waals surface area contributed by atoms with E-state index in [1.54, 1.807) is 0 Å². The molecule has 0 spiro atoms. The Balaban J connectivity index is 1.91. The fourth-order valence-electron chi connectivity index (χ4n) is 2.48. The molecule has 1 N–H and O–H groups in total. The lowest BCUT2D eigenvalue weighted by Gasteiger charge is -2.20. The summed E-state index contributed by atoms with van der Waals surface area (Å²) in [6.45, 7) is 3.97. The smallest absolute Gasteiger partial charge is 0.124 e. The molecule has 1 aliphatic rings. The summed E-state index contributed by atoms with van der Waals surface area (Å²) >= 11 is 0. The Morgan fingerprint density at radius 3 is 2.74 bits per heavy atom. The van der Waals surface area contributed by atoms with Gasteiger partial charge in [-0.3, -0.25) is 0 Å². The zero-order chi connectivity index (χ0) is 13.7. The maximum Gasteiger partial charge on any atom is 0.124 e. The molecule has 1 saturated carbocycles. The van der Waals surface area contributed by atoms with Crippen LogP contribution in [-0.4, -0.2) is 38.2 Å². The lowest BCUT2D eigenvalue weighted by molar-refractivity contribution is 0.229. The molecule has 1 aliphatic carbocycles. The minimum absolute atomic E-state index is 0.373. The minimum Gasteiger partial charge on any atom is -0.492 e. The van der Waals surface area contributed by atoms with Crippen molar-refractivity contribution in [3.05, 3.63) is 29.8 Å². The van der Waals surface area contributed by atoms with Crippen LogP contribution in [0.15, 0.2) is 24.3 Å². The van der Waals surface area contributed by atoms with Crippen LogP contribution in [-0.2, 0) is 0 Å². The molecule has 0 radical (unpaired) electrons. The van der Waals surface area contributed by atoms with Crippen molar-refractivity contribution < 1.29 is 4.74 Å². The van der Waals surface area contributed by atoms with Gasteiger partial charge in [0.2, 0.25) is 0 Å². The summed E-state index contributed by atoms with van der Waals surface area (Å²) < 4.78 is 5.99. The molecule has 2 rings (SSSR count). The third-order valence-corrected chi connectivity index (χ3v) is 3.92. The van der Waals surface area contributed by atoms with E-state index in [9.17, 15) is 0 Å². The number of hydrogen-bond donors (Lipinski definition) is 1. The molecule has 0 aliphatic heterocycles. The second-order valence-electron chi connectivity index (χ2n) is 5.35. The summed E-state index contributed by atoms with van der Waals surface area (Å²) in [5, 5.41) is 3.35. The summed E-state index contributed by atoms with van der Waals surface area (Å²) in [6.07, 6.45) is 3.77. The molecular formula is C16H26N2O. The predicted octanol–water partition coefficient (Wildman–Crippen LogP) is 2.83. The number of benzene rings is 1. The van der Waals surface area contributed by atoms with E-state index in [1.807, 2.05) is 13.1 Å². The molecule has 1 aromatic carbocycles. The highest BCUT2D eigenvalue weighted by Gasteiger charge is 2.25. The minimum atomic E-state index is 0.373. The standard InChI is InChI=1S/C16H26N2O/c1-4-15(17-2)14-7-5-6-8-16(14)19-12-11-18(3)13-9-10-13/h5-8,13,15,17H,4,9-12H2,1-3H3. The molecule has 3 heteroatoms. The monoisotopic (exact) mass is 262 g/mol. The lowest BCUT2D eigenvalue weighted by atomic mass is 10.0. The quantitative estimate of drug-likeness (QED) is 0.779. The van der Waals surface area contributed by atoms with Crippen molar-refractivity contribution in [1.82, 2.24) is 10.2 Å². The molecule has 1 fully saturated rings. The molecule has 1 unspecified atom stereocenters. The first-order chi connectivity index (χ1) is 9.26. The van der Waals surface area contributed by atoms with Crippen LogP contribution < -0.4 is 10.1 Å². The zero-order valence-corrected chi connectivity index (χ0v) is 12.4. The van der Waals surface area contributed by atoms with Gasteiger partial charge in [-0.15, -0.1) is 0 Å². The van der Waals surface area contributed by atoms with Crippen molar-refractivity contribution in [3.8, 4) is 5.75 Å². The van der Waals surface area contributed by atoms with E-state index in [-0.39, 0.29) is 0 Å². The molecule has 3 nitrogen and oxygen atoms in total. The van der Waals surface area contributed by atoms with Crippen molar-refractivity contribution in [2.45, 2.75) is 38.3 Å². The Bertz CT molecular complexity index is 386. The molecule has 0 heterocycles. The maximum atomic E-state index is 5.99. The Morgan fingerprint density at radius 1 is 1.37 bits per heavy atom. The average molecular weight is 262 g/mol. The molecule has 106 valence electrons. The Labute approximate surface area is 116 Å². The van der Waals surface area contributed by atoms with Crippen LogP contribution in [0.1, 0.15) is 37.8 Å². The highest BCUT2D eigenvalue weighted by atomic mass is 16.5. The van der Waals surface area contributed by atoms with Gasteiger partial charge < -0.3 is 15.0 Å². The van der Waals surface area contributed by atoms with Gasteiger partial charge >= 0.3 is 0 Å². The van der Waals surface area contributed by atoms with Gasteiger partial charge in [0, 0.05) is 24.2 Å². The fraction of sp³-hybridized carbons (Fsp3) is 0.625. The third-order valence-electron chi connectivity index (χ3n) is 3.92. The topological polar surface area (TPSA) is 24.5 Å².